The zero-order valence-corrected chi connectivity index (χ0v) is 12.1. The van der Waals surface area contributed by atoms with Crippen molar-refractivity contribution in [2.75, 3.05) is 6.56 Å². The van der Waals surface area contributed by atoms with Crippen molar-refractivity contribution in [1.82, 2.24) is 9.55 Å². The van der Waals surface area contributed by atoms with Crippen LogP contribution in [0.2, 0.25) is 0 Å². The fraction of sp³-hybridized carbons (Fsp3) is 0.556. The molecule has 10 nitrogen and oxygen atoms in total. The first-order chi connectivity index (χ1) is 11.1. The van der Waals surface area contributed by atoms with Gasteiger partial charge in [0, 0.05) is 6.20 Å². The lowest BCUT2D eigenvalue weighted by Gasteiger charge is -2.22. The molecular formula is C9H12FN2O8PS. The maximum absolute atomic E-state index is 14.9. The molecular weight excluding hydrogens is 346 g/mol. The third kappa shape index (κ3) is 3.50. The zero-order valence-electron chi connectivity index (χ0n) is 13.4. The summed E-state index contributed by atoms with van der Waals surface area (Å²) in [6.45, 7) is -4.00. The highest BCUT2D eigenvalue weighted by Gasteiger charge is 2.57. The first-order valence-electron chi connectivity index (χ1n) is 6.98. The number of aromatic nitrogens is 2. The van der Waals surface area contributed by atoms with Gasteiger partial charge in [-0.15, -0.1) is 0 Å². The minimum absolute atomic E-state index is 0.0791. The van der Waals surface area contributed by atoms with E-state index in [4.69, 9.17) is 13.9 Å². The molecule has 1 aromatic heterocycles. The molecule has 124 valence electrons. The second-order valence-electron chi connectivity index (χ2n) is 4.14. The quantitative estimate of drug-likeness (QED) is 0.333. The van der Waals surface area contributed by atoms with Gasteiger partial charge in [-0.1, -0.05) is 12.2 Å². The van der Waals surface area contributed by atoms with E-state index < -0.39 is 44.3 Å². The third-order valence-electron chi connectivity index (χ3n) is 2.55. The van der Waals surface area contributed by atoms with Gasteiger partial charge in [-0.25, -0.2) is 13.8 Å². The van der Waals surface area contributed by atoms with Crippen LogP contribution in [-0.4, -0.2) is 54.2 Å². The number of hydrogen-bond donors (Lipinski definition) is 5. The summed E-state index contributed by atoms with van der Waals surface area (Å²) < 4.78 is 56.6. The summed E-state index contributed by atoms with van der Waals surface area (Å²) in [6.07, 6.45) is -7.68. The summed E-state index contributed by atoms with van der Waals surface area (Å²) in [7, 11) is -5.60. The number of rotatable bonds is 4. The van der Waals surface area contributed by atoms with Crippen molar-refractivity contribution in [3.05, 3.63) is 27.4 Å². The molecule has 2 rings (SSSR count). The van der Waals surface area contributed by atoms with Crippen molar-refractivity contribution >= 4 is 20.0 Å². The number of nitrogens with one attached hydrogen (secondary N) is 1. The van der Waals surface area contributed by atoms with E-state index >= 15 is 0 Å². The molecule has 1 aliphatic heterocycles. The summed E-state index contributed by atoms with van der Waals surface area (Å²) in [4.78, 5) is 31.2. The molecule has 0 aromatic carbocycles. The van der Waals surface area contributed by atoms with E-state index in [2.05, 4.69) is 21.5 Å². The molecule has 13 heteroatoms. The average Bonchev–Trinajstić information content (AvgIpc) is 2.59. The lowest BCUT2D eigenvalue weighted by Crippen LogP contribution is -2.42. The van der Waals surface area contributed by atoms with Crippen molar-refractivity contribution in [2.24, 2.45) is 0 Å². The van der Waals surface area contributed by atoms with E-state index in [0.717, 1.165) is 12.3 Å². The van der Waals surface area contributed by atoms with Crippen LogP contribution in [0.3, 0.4) is 0 Å². The van der Waals surface area contributed by atoms with Crippen molar-refractivity contribution in [3.63, 3.8) is 0 Å². The molecule has 0 bridgehead atoms. The SMILES string of the molecule is [2H]C([2H])(OP(=O)(O)O)[C@@]1(F)O[C@@]([2H])(n2ccc(=S)[nH]c2=O)[C@H](O)[C@@H]1O. The van der Waals surface area contributed by atoms with Crippen LogP contribution in [0.25, 0.3) is 0 Å². The minimum Gasteiger partial charge on any atom is -0.385 e. The highest BCUT2D eigenvalue weighted by molar-refractivity contribution is 7.71. The van der Waals surface area contributed by atoms with E-state index in [1.165, 1.54) is 0 Å². The fourth-order valence-electron chi connectivity index (χ4n) is 1.60. The standard InChI is InChI=1S/C9H12FN2O8PS/c10-9(3-19-21(16,17)18)6(14)5(13)7(20-9)12-2-1-4(22)11-8(12)15/h1-2,5-7,13-14H,3H2,(H,11,15,22)(H2,16,17,18)/t5-,6+,7-,9-/m1/s1/i3D2,7D. The van der Waals surface area contributed by atoms with Gasteiger partial charge in [0.05, 0.1) is 4.11 Å². The van der Waals surface area contributed by atoms with Crippen LogP contribution in [0, 0.1) is 4.64 Å². The second-order valence-corrected chi connectivity index (χ2v) is 5.74. The minimum atomic E-state index is -5.60. The summed E-state index contributed by atoms with van der Waals surface area (Å²) in [5.41, 5.74) is -1.16. The number of nitrogens with zero attached hydrogens (tertiary/aromatic N) is 1. The Hall–Kier alpha value is -0.980. The number of hydrogen-bond acceptors (Lipinski definition) is 7. The van der Waals surface area contributed by atoms with Crippen LogP contribution in [0.4, 0.5) is 4.39 Å². The van der Waals surface area contributed by atoms with Gasteiger partial charge in [0.25, 0.3) is 5.85 Å². The molecule has 22 heavy (non-hydrogen) atoms. The number of phosphoric acid groups is 1. The normalized spacial score (nSPS) is 38.3. The molecule has 0 amide bonds. The highest BCUT2D eigenvalue weighted by Crippen LogP contribution is 2.43. The molecule has 0 saturated carbocycles. The van der Waals surface area contributed by atoms with Crippen LogP contribution in [0.15, 0.2) is 17.1 Å². The number of alkyl halides is 1. The van der Waals surface area contributed by atoms with Crippen molar-refractivity contribution in [2.45, 2.75) is 24.3 Å². The van der Waals surface area contributed by atoms with Gasteiger partial charge in [-0.3, -0.25) is 14.1 Å². The smallest absolute Gasteiger partial charge is 0.385 e. The van der Waals surface area contributed by atoms with Gasteiger partial charge in [0.1, 0.15) is 23.4 Å². The summed E-state index contributed by atoms with van der Waals surface area (Å²) >= 11 is 4.66. The predicted octanol–water partition coefficient (Wildman–Crippen LogP) is -1.07. The fourth-order valence-corrected chi connectivity index (χ4v) is 1.99. The number of aliphatic hydroxyl groups excluding tert-OH is 2. The number of H-pyrrole nitrogens is 1. The summed E-state index contributed by atoms with van der Waals surface area (Å²) in [6, 6.07) is 1.06. The van der Waals surface area contributed by atoms with Crippen molar-refractivity contribution < 1.29 is 42.3 Å². The van der Waals surface area contributed by atoms with Gasteiger partial charge in [0.15, 0.2) is 6.20 Å². The maximum atomic E-state index is 14.9. The molecule has 4 atom stereocenters. The van der Waals surface area contributed by atoms with E-state index in [9.17, 15) is 24.0 Å². The molecule has 0 unspecified atom stereocenters. The number of phosphoric ester groups is 1. The highest BCUT2D eigenvalue weighted by atomic mass is 32.1. The Bertz CT molecular complexity index is 847. The number of halogens is 1. The lowest BCUT2D eigenvalue weighted by atomic mass is 10.1. The van der Waals surface area contributed by atoms with Crippen LogP contribution in [-0.2, 0) is 13.8 Å². The Labute approximate surface area is 131 Å². The molecule has 0 radical (unpaired) electrons. The molecule has 1 saturated heterocycles. The van der Waals surface area contributed by atoms with E-state index in [-0.39, 0.29) is 9.21 Å². The van der Waals surface area contributed by atoms with Crippen LogP contribution in [0.1, 0.15) is 10.3 Å². The first-order valence-corrected chi connectivity index (χ1v) is 7.42. The Morgan fingerprint density at radius 1 is 1.68 bits per heavy atom. The molecule has 1 aliphatic rings. The number of aliphatic hydroxyl groups is 2. The number of ether oxygens (including phenoxy) is 1. The molecule has 5 N–H and O–H groups in total. The van der Waals surface area contributed by atoms with Crippen molar-refractivity contribution in [3.8, 4) is 0 Å². The van der Waals surface area contributed by atoms with E-state index in [1.807, 2.05) is 4.98 Å². The largest absolute Gasteiger partial charge is 0.469 e. The second kappa shape index (κ2) is 5.91. The Morgan fingerprint density at radius 3 is 2.86 bits per heavy atom. The summed E-state index contributed by atoms with van der Waals surface area (Å²) in [5.74, 6) is -4.11. The maximum Gasteiger partial charge on any atom is 0.469 e. The van der Waals surface area contributed by atoms with E-state index in [1.54, 1.807) is 0 Å². The van der Waals surface area contributed by atoms with Crippen LogP contribution >= 0.6 is 20.0 Å². The molecule has 0 spiro atoms. The number of aromatic amines is 1. The molecule has 1 fully saturated rings. The topological polar surface area (TPSA) is 154 Å². The van der Waals surface area contributed by atoms with Gasteiger partial charge in [0.2, 0.25) is 0 Å². The summed E-state index contributed by atoms with van der Waals surface area (Å²) in [5, 5.41) is 19.7. The first kappa shape index (κ1) is 13.5. The Kier molecular flexibility index (Phi) is 3.61. The van der Waals surface area contributed by atoms with Crippen molar-refractivity contribution in [1.29, 1.82) is 0 Å². The van der Waals surface area contributed by atoms with Gasteiger partial charge >= 0.3 is 13.5 Å². The molecule has 1 aromatic rings. The third-order valence-corrected chi connectivity index (χ3v) is 3.12. The van der Waals surface area contributed by atoms with Crippen LogP contribution < -0.4 is 5.69 Å². The van der Waals surface area contributed by atoms with Gasteiger partial charge < -0.3 is 24.7 Å². The Morgan fingerprint density at radius 2 is 2.32 bits per heavy atom. The van der Waals surface area contributed by atoms with Gasteiger partial charge in [-0.05, 0) is 6.07 Å². The van der Waals surface area contributed by atoms with Gasteiger partial charge in [-0.2, -0.15) is 0 Å². The van der Waals surface area contributed by atoms with E-state index in [0.29, 0.717) is 0 Å². The Balaban J connectivity index is 2.55. The average molecular weight is 361 g/mol. The predicted molar refractivity (Wildman–Crippen MR) is 69.9 cm³/mol. The molecule has 0 aliphatic carbocycles. The molecule has 2 heterocycles. The zero-order chi connectivity index (χ0) is 19.4. The van der Waals surface area contributed by atoms with Crippen LogP contribution in [0.5, 0.6) is 0 Å². The lowest BCUT2D eigenvalue weighted by molar-refractivity contribution is -0.205. The monoisotopic (exact) mass is 361 g/mol.